The molecule has 1 N–H and O–H groups in total. The van der Waals surface area contributed by atoms with Gasteiger partial charge in [0.2, 0.25) is 0 Å². The molecule has 0 amide bonds. The fraction of sp³-hybridized carbons (Fsp3) is 0.217. The van der Waals surface area contributed by atoms with Gasteiger partial charge in [-0.15, -0.1) is 0 Å². The van der Waals surface area contributed by atoms with Crippen molar-refractivity contribution in [1.29, 1.82) is 0 Å². The van der Waals surface area contributed by atoms with Crippen LogP contribution in [0.15, 0.2) is 77.3 Å². The zero-order valence-electron chi connectivity index (χ0n) is 15.5. The number of hydrogen-bond donors (Lipinski definition) is 1. The molecule has 3 aromatic carbocycles. The fourth-order valence-corrected chi connectivity index (χ4v) is 3.23. The Bertz CT molecular complexity index is 838. The monoisotopic (exact) mass is 425 g/mol. The highest BCUT2D eigenvalue weighted by molar-refractivity contribution is 9.10. The van der Waals surface area contributed by atoms with Gasteiger partial charge in [-0.25, -0.2) is 0 Å². The van der Waals surface area contributed by atoms with E-state index in [2.05, 4.69) is 57.6 Å². The number of halogens is 1. The topological polar surface area (TPSA) is 30.5 Å². The lowest BCUT2D eigenvalue weighted by atomic mass is 10.1. The number of nitrogens with one attached hydrogen (secondary N) is 1. The Hall–Kier alpha value is -2.30. The van der Waals surface area contributed by atoms with Crippen molar-refractivity contribution in [3.8, 4) is 11.5 Å². The maximum absolute atomic E-state index is 6.01. The maximum atomic E-state index is 6.01. The minimum atomic E-state index is 0.513. The summed E-state index contributed by atoms with van der Waals surface area (Å²) in [4.78, 5) is 0. The van der Waals surface area contributed by atoms with Gasteiger partial charge in [-0.2, -0.15) is 0 Å². The summed E-state index contributed by atoms with van der Waals surface area (Å²) in [7, 11) is 0. The first-order chi connectivity index (χ1) is 13.3. The first kappa shape index (κ1) is 19.5. The largest absolute Gasteiger partial charge is 0.490 e. The van der Waals surface area contributed by atoms with Gasteiger partial charge in [0.05, 0.1) is 6.61 Å². The highest BCUT2D eigenvalue weighted by Gasteiger charge is 2.11. The molecule has 3 rings (SSSR count). The molecule has 0 aliphatic rings. The summed E-state index contributed by atoms with van der Waals surface area (Å²) in [5, 5.41) is 3.48. The Morgan fingerprint density at radius 1 is 0.778 bits per heavy atom. The number of hydrogen-bond acceptors (Lipinski definition) is 3. The summed E-state index contributed by atoms with van der Waals surface area (Å²) in [6.45, 7) is 4.66. The Balaban J connectivity index is 1.67. The molecule has 0 saturated carbocycles. The normalized spacial score (nSPS) is 10.6. The van der Waals surface area contributed by atoms with Gasteiger partial charge in [-0.05, 0) is 35.7 Å². The second kappa shape index (κ2) is 10.1. The van der Waals surface area contributed by atoms with Crippen LogP contribution >= 0.6 is 15.9 Å². The van der Waals surface area contributed by atoms with Crippen molar-refractivity contribution in [1.82, 2.24) is 5.32 Å². The Morgan fingerprint density at radius 3 is 2.07 bits per heavy atom. The maximum Gasteiger partial charge on any atom is 0.162 e. The molecule has 3 nitrogen and oxygen atoms in total. The lowest BCUT2D eigenvalue weighted by Gasteiger charge is -2.15. The lowest BCUT2D eigenvalue weighted by Crippen LogP contribution is -2.13. The van der Waals surface area contributed by atoms with Crippen LogP contribution in [0.25, 0.3) is 0 Å². The summed E-state index contributed by atoms with van der Waals surface area (Å²) in [6, 6.07) is 24.6. The van der Waals surface area contributed by atoms with E-state index in [9.17, 15) is 0 Å². The molecule has 0 atom stereocenters. The van der Waals surface area contributed by atoms with Gasteiger partial charge in [0.15, 0.2) is 11.5 Å². The zero-order valence-corrected chi connectivity index (χ0v) is 17.0. The van der Waals surface area contributed by atoms with E-state index in [0.29, 0.717) is 13.2 Å². The summed E-state index contributed by atoms with van der Waals surface area (Å²) in [5.41, 5.74) is 3.53. The van der Waals surface area contributed by atoms with Crippen LogP contribution in [0, 0.1) is 0 Å². The summed E-state index contributed by atoms with van der Waals surface area (Å²) in [5.74, 6) is 1.52. The van der Waals surface area contributed by atoms with Gasteiger partial charge in [-0.1, -0.05) is 76.6 Å². The third-order valence-corrected chi connectivity index (χ3v) is 4.88. The third-order valence-electron chi connectivity index (χ3n) is 4.14. The molecule has 4 heteroatoms. The molecule has 0 aliphatic heterocycles. The van der Waals surface area contributed by atoms with Crippen molar-refractivity contribution < 1.29 is 9.47 Å². The molecular weight excluding hydrogens is 402 g/mol. The summed E-state index contributed by atoms with van der Waals surface area (Å²) in [6.07, 6.45) is 0. The van der Waals surface area contributed by atoms with E-state index in [1.165, 1.54) is 5.56 Å². The average Bonchev–Trinajstić information content (AvgIpc) is 2.71. The molecule has 0 spiro atoms. The quantitative estimate of drug-likeness (QED) is 0.475. The van der Waals surface area contributed by atoms with Crippen molar-refractivity contribution in [3.63, 3.8) is 0 Å². The van der Waals surface area contributed by atoms with Gasteiger partial charge in [0.1, 0.15) is 6.61 Å². The summed E-state index contributed by atoms with van der Waals surface area (Å²) < 4.78 is 12.8. The van der Waals surface area contributed by atoms with Gasteiger partial charge >= 0.3 is 0 Å². The van der Waals surface area contributed by atoms with E-state index in [0.717, 1.165) is 40.2 Å². The molecule has 140 valence electrons. The molecule has 0 heterocycles. The molecule has 0 unspecified atom stereocenters. The number of rotatable bonds is 9. The van der Waals surface area contributed by atoms with Crippen LogP contribution in [0.5, 0.6) is 11.5 Å². The third kappa shape index (κ3) is 5.84. The second-order valence-electron chi connectivity index (χ2n) is 6.19. The molecule has 0 fully saturated rings. The van der Waals surface area contributed by atoms with Crippen molar-refractivity contribution in [2.24, 2.45) is 0 Å². The van der Waals surface area contributed by atoms with Crippen LogP contribution < -0.4 is 14.8 Å². The van der Waals surface area contributed by atoms with Crippen molar-refractivity contribution in [2.75, 3.05) is 6.61 Å². The number of benzene rings is 3. The van der Waals surface area contributed by atoms with Crippen LogP contribution in [0.3, 0.4) is 0 Å². The molecule has 27 heavy (non-hydrogen) atoms. The van der Waals surface area contributed by atoms with Crippen molar-refractivity contribution in [2.45, 2.75) is 26.6 Å². The van der Waals surface area contributed by atoms with Gasteiger partial charge in [0.25, 0.3) is 0 Å². The van der Waals surface area contributed by atoms with Gasteiger partial charge in [0, 0.05) is 17.6 Å². The van der Waals surface area contributed by atoms with Crippen molar-refractivity contribution >= 4 is 15.9 Å². The van der Waals surface area contributed by atoms with Crippen LogP contribution in [0.1, 0.15) is 23.6 Å². The zero-order chi connectivity index (χ0) is 18.9. The average molecular weight is 426 g/mol. The van der Waals surface area contributed by atoms with E-state index in [1.807, 2.05) is 43.3 Å². The van der Waals surface area contributed by atoms with E-state index in [1.54, 1.807) is 0 Å². The van der Waals surface area contributed by atoms with E-state index in [4.69, 9.17) is 9.47 Å². The van der Waals surface area contributed by atoms with E-state index < -0.39 is 0 Å². The highest BCUT2D eigenvalue weighted by Crippen LogP contribution is 2.34. The van der Waals surface area contributed by atoms with E-state index >= 15 is 0 Å². The SMILES string of the molecule is CCOc1cc(CNCc2ccccc2)c(Br)cc1OCc1ccccc1. The Morgan fingerprint density at radius 2 is 1.41 bits per heavy atom. The lowest BCUT2D eigenvalue weighted by molar-refractivity contribution is 0.269. The molecule has 3 aromatic rings. The first-order valence-electron chi connectivity index (χ1n) is 9.13. The number of ether oxygens (including phenoxy) is 2. The molecule has 0 aromatic heterocycles. The highest BCUT2D eigenvalue weighted by atomic mass is 79.9. The standard InChI is InChI=1S/C23H24BrNO2/c1-2-26-22-13-20(16-25-15-18-9-5-3-6-10-18)21(24)14-23(22)27-17-19-11-7-4-8-12-19/h3-14,25H,2,15-17H2,1H3. The smallest absolute Gasteiger partial charge is 0.162 e. The summed E-state index contributed by atoms with van der Waals surface area (Å²) >= 11 is 3.67. The molecule has 0 saturated heterocycles. The van der Waals surface area contributed by atoms with Crippen molar-refractivity contribution in [3.05, 3.63) is 94.0 Å². The van der Waals surface area contributed by atoms with Crippen LogP contribution in [-0.2, 0) is 19.7 Å². The van der Waals surface area contributed by atoms with Crippen LogP contribution in [-0.4, -0.2) is 6.61 Å². The van der Waals surface area contributed by atoms with Crippen LogP contribution in [0.4, 0.5) is 0 Å². The minimum absolute atomic E-state index is 0.513. The van der Waals surface area contributed by atoms with Gasteiger partial charge < -0.3 is 14.8 Å². The van der Waals surface area contributed by atoms with E-state index in [-0.39, 0.29) is 0 Å². The first-order valence-corrected chi connectivity index (χ1v) is 9.92. The molecular formula is C23H24BrNO2. The Kier molecular flexibility index (Phi) is 7.31. The molecule has 0 bridgehead atoms. The fourth-order valence-electron chi connectivity index (χ4n) is 2.77. The second-order valence-corrected chi connectivity index (χ2v) is 7.04. The molecule has 0 aliphatic carbocycles. The predicted molar refractivity (Wildman–Crippen MR) is 113 cm³/mol. The Labute approximate surface area is 169 Å². The van der Waals surface area contributed by atoms with Crippen LogP contribution in [0.2, 0.25) is 0 Å². The van der Waals surface area contributed by atoms with Gasteiger partial charge in [-0.3, -0.25) is 0 Å². The molecule has 0 radical (unpaired) electrons. The minimum Gasteiger partial charge on any atom is -0.490 e. The predicted octanol–water partition coefficient (Wildman–Crippen LogP) is 5.72.